The fourth-order valence-corrected chi connectivity index (χ4v) is 1.68. The largest absolute Gasteiger partial charge is 0.465 e. The Bertz CT molecular complexity index is 283. The number of nitrogens with zero attached hydrogens (tertiary/aromatic N) is 1. The van der Waals surface area contributed by atoms with Crippen LogP contribution in [0.25, 0.3) is 0 Å². The fourth-order valence-electron chi connectivity index (χ4n) is 1.01. The summed E-state index contributed by atoms with van der Waals surface area (Å²) in [5.41, 5.74) is 4.95. The number of hydrogen-bond acceptors (Lipinski definition) is 5. The number of likely N-dealkylation sites (N-methyl/N-ethyl adjacent to an activating group) is 1. The van der Waals surface area contributed by atoms with E-state index in [1.165, 1.54) is 23.7 Å². The third kappa shape index (κ3) is 8.56. The van der Waals surface area contributed by atoms with E-state index in [1.807, 2.05) is 0 Å². The quantitative estimate of drug-likeness (QED) is 0.475. The van der Waals surface area contributed by atoms with E-state index in [-0.39, 0.29) is 24.6 Å². The van der Waals surface area contributed by atoms with E-state index in [0.717, 1.165) is 0 Å². The predicted octanol–water partition coefficient (Wildman–Crippen LogP) is -0.383. The molecule has 0 aromatic heterocycles. The van der Waals surface area contributed by atoms with Gasteiger partial charge in [-0.2, -0.15) is 11.8 Å². The third-order valence-corrected chi connectivity index (χ3v) is 2.78. The molecule has 0 aromatic rings. The summed E-state index contributed by atoms with van der Waals surface area (Å²) in [6.45, 7) is 1.96. The molecule has 2 amide bonds. The zero-order chi connectivity index (χ0) is 13.3. The zero-order valence-electron chi connectivity index (χ0n) is 10.1. The van der Waals surface area contributed by atoms with Crippen LogP contribution in [-0.2, 0) is 19.1 Å². The second-order valence-corrected chi connectivity index (χ2v) is 4.43. The Kier molecular flexibility index (Phi) is 8.21. The van der Waals surface area contributed by atoms with Crippen molar-refractivity contribution in [1.29, 1.82) is 0 Å². The van der Waals surface area contributed by atoms with Crippen LogP contribution in [0.3, 0.4) is 0 Å². The molecule has 0 spiro atoms. The summed E-state index contributed by atoms with van der Waals surface area (Å²) >= 11 is 1.30. The summed E-state index contributed by atoms with van der Waals surface area (Å²) in [6, 6.07) is 0. The van der Waals surface area contributed by atoms with E-state index >= 15 is 0 Å². The lowest BCUT2D eigenvalue weighted by Gasteiger charge is -2.15. The van der Waals surface area contributed by atoms with Crippen LogP contribution in [0, 0.1) is 0 Å². The summed E-state index contributed by atoms with van der Waals surface area (Å²) in [5.74, 6) is -0.269. The Balaban J connectivity index is 3.74. The Hall–Kier alpha value is -1.24. The van der Waals surface area contributed by atoms with Gasteiger partial charge in [0.05, 0.1) is 12.4 Å². The van der Waals surface area contributed by atoms with E-state index in [4.69, 9.17) is 10.5 Å². The van der Waals surface area contributed by atoms with Crippen LogP contribution in [0.1, 0.15) is 13.3 Å². The number of primary amides is 1. The second-order valence-electron chi connectivity index (χ2n) is 3.32. The highest BCUT2D eigenvalue weighted by Gasteiger charge is 2.13. The van der Waals surface area contributed by atoms with E-state index < -0.39 is 11.9 Å². The van der Waals surface area contributed by atoms with Crippen molar-refractivity contribution >= 4 is 29.5 Å². The second kappa shape index (κ2) is 8.86. The molecule has 17 heavy (non-hydrogen) atoms. The topological polar surface area (TPSA) is 89.7 Å². The molecule has 0 aliphatic carbocycles. The van der Waals surface area contributed by atoms with Crippen LogP contribution in [0.15, 0.2) is 0 Å². The molecule has 0 atom stereocenters. The van der Waals surface area contributed by atoms with Gasteiger partial charge in [-0.15, -0.1) is 0 Å². The first kappa shape index (κ1) is 15.8. The molecule has 98 valence electrons. The van der Waals surface area contributed by atoms with Gasteiger partial charge in [0.25, 0.3) is 0 Å². The van der Waals surface area contributed by atoms with Crippen LogP contribution in [0.2, 0.25) is 0 Å². The van der Waals surface area contributed by atoms with Gasteiger partial charge in [-0.05, 0) is 6.92 Å². The molecule has 6 nitrogen and oxygen atoms in total. The van der Waals surface area contributed by atoms with Crippen molar-refractivity contribution in [2.75, 3.05) is 31.7 Å². The van der Waals surface area contributed by atoms with Crippen molar-refractivity contribution in [2.24, 2.45) is 5.73 Å². The summed E-state index contributed by atoms with van der Waals surface area (Å²) in [5, 5.41) is 0. The molecule has 0 saturated heterocycles. The molecule has 0 heterocycles. The minimum absolute atomic E-state index is 0.0485. The first-order valence-electron chi connectivity index (χ1n) is 5.23. The van der Waals surface area contributed by atoms with Crippen molar-refractivity contribution in [1.82, 2.24) is 4.90 Å². The maximum absolute atomic E-state index is 11.5. The van der Waals surface area contributed by atoms with Crippen LogP contribution in [-0.4, -0.2) is 54.4 Å². The van der Waals surface area contributed by atoms with Crippen molar-refractivity contribution < 1.29 is 19.1 Å². The Morgan fingerprint density at radius 1 is 1.35 bits per heavy atom. The fraction of sp³-hybridized carbons (Fsp3) is 0.700. The maximum Gasteiger partial charge on any atom is 0.325 e. The van der Waals surface area contributed by atoms with Gasteiger partial charge in [0.15, 0.2) is 0 Å². The van der Waals surface area contributed by atoms with Crippen molar-refractivity contribution in [3.63, 3.8) is 0 Å². The maximum atomic E-state index is 11.5. The van der Waals surface area contributed by atoms with Gasteiger partial charge in [0.1, 0.15) is 6.54 Å². The van der Waals surface area contributed by atoms with Gasteiger partial charge in [0.2, 0.25) is 11.8 Å². The number of carbonyl (C=O) groups excluding carboxylic acids is 3. The monoisotopic (exact) mass is 262 g/mol. The van der Waals surface area contributed by atoms with E-state index in [2.05, 4.69) is 0 Å². The van der Waals surface area contributed by atoms with Gasteiger partial charge in [-0.3, -0.25) is 14.4 Å². The SMILES string of the molecule is CCOC(=O)CN(C)C(=O)CCSCC(N)=O. The summed E-state index contributed by atoms with van der Waals surface area (Å²) in [6.07, 6.45) is 0.272. The molecule has 0 fully saturated rings. The normalized spacial score (nSPS) is 9.76. The molecule has 2 N–H and O–H groups in total. The molecule has 7 heteroatoms. The van der Waals surface area contributed by atoms with Crippen molar-refractivity contribution in [3.05, 3.63) is 0 Å². The predicted molar refractivity (Wildman–Crippen MR) is 65.4 cm³/mol. The first-order chi connectivity index (χ1) is 7.97. The van der Waals surface area contributed by atoms with Gasteiger partial charge in [0, 0.05) is 19.2 Å². The number of nitrogens with two attached hydrogens (primary N) is 1. The van der Waals surface area contributed by atoms with Crippen molar-refractivity contribution in [3.8, 4) is 0 Å². The molecule has 0 bridgehead atoms. The third-order valence-electron chi connectivity index (χ3n) is 1.80. The van der Waals surface area contributed by atoms with Crippen molar-refractivity contribution in [2.45, 2.75) is 13.3 Å². The molecule has 0 aromatic carbocycles. The number of hydrogen-bond donors (Lipinski definition) is 1. The number of ether oxygens (including phenoxy) is 1. The highest BCUT2D eigenvalue weighted by Crippen LogP contribution is 2.03. The lowest BCUT2D eigenvalue weighted by molar-refractivity contribution is -0.148. The Labute approximate surface area is 105 Å². The van der Waals surface area contributed by atoms with E-state index in [0.29, 0.717) is 12.4 Å². The average Bonchev–Trinajstić information content (AvgIpc) is 2.23. The number of thioether (sulfide) groups is 1. The first-order valence-corrected chi connectivity index (χ1v) is 6.38. The van der Waals surface area contributed by atoms with E-state index in [9.17, 15) is 14.4 Å². The van der Waals surface area contributed by atoms with E-state index in [1.54, 1.807) is 6.92 Å². The van der Waals surface area contributed by atoms with Crippen LogP contribution in [0.4, 0.5) is 0 Å². The zero-order valence-corrected chi connectivity index (χ0v) is 10.9. The molecule has 0 saturated carbocycles. The molecular formula is C10H18N2O4S. The van der Waals surface area contributed by atoms with Gasteiger partial charge in [-0.25, -0.2) is 0 Å². The number of amides is 2. The molecule has 0 aliphatic heterocycles. The standard InChI is InChI=1S/C10H18N2O4S/c1-3-16-10(15)6-12(2)9(14)4-5-17-7-8(11)13/h3-7H2,1-2H3,(H2,11,13). The molecule has 0 aliphatic rings. The van der Waals surface area contributed by atoms with Crippen LogP contribution >= 0.6 is 11.8 Å². The molecule has 0 unspecified atom stereocenters. The summed E-state index contributed by atoms with van der Waals surface area (Å²) < 4.78 is 4.72. The number of carbonyl (C=O) groups is 3. The smallest absolute Gasteiger partial charge is 0.325 e. The highest BCUT2D eigenvalue weighted by molar-refractivity contribution is 7.99. The Morgan fingerprint density at radius 3 is 2.53 bits per heavy atom. The lowest BCUT2D eigenvalue weighted by atomic mass is 10.4. The van der Waals surface area contributed by atoms with Crippen LogP contribution < -0.4 is 5.73 Å². The number of esters is 1. The lowest BCUT2D eigenvalue weighted by Crippen LogP contribution is -2.33. The molecular weight excluding hydrogens is 244 g/mol. The van der Waals surface area contributed by atoms with Crippen LogP contribution in [0.5, 0.6) is 0 Å². The molecule has 0 radical (unpaired) electrons. The number of rotatable bonds is 8. The summed E-state index contributed by atoms with van der Waals surface area (Å²) in [7, 11) is 1.54. The average molecular weight is 262 g/mol. The van der Waals surface area contributed by atoms with Gasteiger partial charge < -0.3 is 15.4 Å². The van der Waals surface area contributed by atoms with Gasteiger partial charge >= 0.3 is 5.97 Å². The Morgan fingerprint density at radius 2 is 2.00 bits per heavy atom. The minimum atomic E-state index is -0.423. The van der Waals surface area contributed by atoms with Gasteiger partial charge in [-0.1, -0.05) is 0 Å². The minimum Gasteiger partial charge on any atom is -0.465 e. The molecule has 0 rings (SSSR count). The summed E-state index contributed by atoms with van der Waals surface area (Å²) in [4.78, 5) is 34.4. The highest BCUT2D eigenvalue weighted by atomic mass is 32.2.